The van der Waals surface area contributed by atoms with E-state index in [9.17, 15) is 8.42 Å². The molecule has 1 aliphatic carbocycles. The molecule has 0 atom stereocenters. The van der Waals surface area contributed by atoms with Gasteiger partial charge >= 0.3 is 0 Å². The molecule has 1 aromatic heterocycles. The number of aromatic nitrogens is 1. The Bertz CT molecular complexity index is 1530. The first-order valence-electron chi connectivity index (χ1n) is 13.0. The molecule has 2 heterocycles. The molecule has 6 rings (SSSR count). The Hall–Kier alpha value is -3.15. The average Bonchev–Trinajstić information content (AvgIpc) is 3.31. The highest BCUT2D eigenvalue weighted by atomic mass is 32.2. The van der Waals surface area contributed by atoms with Crippen molar-refractivity contribution in [3.8, 4) is 0 Å². The predicted octanol–water partition coefficient (Wildman–Crippen LogP) is 6.31. The van der Waals surface area contributed by atoms with Crippen molar-refractivity contribution in [3.05, 3.63) is 107 Å². The van der Waals surface area contributed by atoms with E-state index >= 15 is 0 Å². The van der Waals surface area contributed by atoms with E-state index in [1.807, 2.05) is 36.5 Å². The molecule has 4 aromatic rings. The highest BCUT2D eigenvalue weighted by Crippen LogP contribution is 2.36. The van der Waals surface area contributed by atoms with Crippen molar-refractivity contribution in [1.82, 2.24) is 8.87 Å². The lowest BCUT2D eigenvalue weighted by Gasteiger charge is -2.34. The summed E-state index contributed by atoms with van der Waals surface area (Å²) in [5.41, 5.74) is 8.09. The van der Waals surface area contributed by atoms with Crippen LogP contribution in [0.25, 0.3) is 16.5 Å². The molecule has 184 valence electrons. The van der Waals surface area contributed by atoms with Crippen molar-refractivity contribution < 1.29 is 8.42 Å². The van der Waals surface area contributed by atoms with E-state index in [1.165, 1.54) is 27.9 Å². The summed E-state index contributed by atoms with van der Waals surface area (Å²) in [6.07, 6.45) is 8.39. The second-order valence-electron chi connectivity index (χ2n) is 10.0. The maximum atomic E-state index is 13.3. The van der Waals surface area contributed by atoms with Crippen LogP contribution in [0, 0.1) is 0 Å². The lowest BCUT2D eigenvalue weighted by Crippen LogP contribution is -2.33. The summed E-state index contributed by atoms with van der Waals surface area (Å²) in [7, 11) is -3.62. The summed E-state index contributed by atoms with van der Waals surface area (Å²) in [5, 5.41) is 1.03. The number of benzene rings is 3. The van der Waals surface area contributed by atoms with Crippen LogP contribution in [0.4, 0.5) is 0 Å². The smallest absolute Gasteiger partial charge is 0.268 e. The highest BCUT2D eigenvalue weighted by Gasteiger charge is 2.24. The van der Waals surface area contributed by atoms with Gasteiger partial charge in [0.2, 0.25) is 0 Å². The van der Waals surface area contributed by atoms with Gasteiger partial charge in [-0.15, -0.1) is 0 Å². The topological polar surface area (TPSA) is 42.3 Å². The first-order chi connectivity index (χ1) is 17.6. The van der Waals surface area contributed by atoms with Gasteiger partial charge in [0.05, 0.1) is 10.4 Å². The standard InChI is InChI=1S/C31H32N2O2S/c34-36(35,27-12-2-1-3-13-27)33-23-25(30-15-6-7-16-31(30)33)11-8-9-20-32-21-19-29-26(22-32)18-17-24-10-4-5-14-28(24)29/h1-7,10,12-16,23H,8-9,11,17-22H2. The molecule has 3 aromatic carbocycles. The van der Waals surface area contributed by atoms with Gasteiger partial charge in [0.25, 0.3) is 10.0 Å². The monoisotopic (exact) mass is 496 g/mol. The van der Waals surface area contributed by atoms with Gasteiger partial charge in [-0.3, -0.25) is 4.90 Å². The zero-order chi connectivity index (χ0) is 24.5. The molecule has 0 fully saturated rings. The van der Waals surface area contributed by atoms with Crippen molar-refractivity contribution in [2.45, 2.75) is 43.4 Å². The molecule has 0 spiro atoms. The van der Waals surface area contributed by atoms with E-state index in [0.29, 0.717) is 4.90 Å². The summed E-state index contributed by atoms with van der Waals surface area (Å²) in [6, 6.07) is 25.5. The van der Waals surface area contributed by atoms with Crippen LogP contribution in [-0.4, -0.2) is 36.9 Å². The third-order valence-corrected chi connectivity index (χ3v) is 9.48. The highest BCUT2D eigenvalue weighted by molar-refractivity contribution is 7.90. The minimum absolute atomic E-state index is 0.321. The third kappa shape index (κ3) is 4.31. The molecule has 5 heteroatoms. The van der Waals surface area contributed by atoms with E-state index in [4.69, 9.17) is 0 Å². The molecule has 0 N–H and O–H groups in total. The van der Waals surface area contributed by atoms with Crippen molar-refractivity contribution in [2.75, 3.05) is 19.6 Å². The number of nitrogens with zero attached hydrogens (tertiary/aromatic N) is 2. The van der Waals surface area contributed by atoms with Crippen molar-refractivity contribution in [2.24, 2.45) is 0 Å². The molecular formula is C31H32N2O2S. The van der Waals surface area contributed by atoms with Gasteiger partial charge in [-0.1, -0.05) is 66.2 Å². The lowest BCUT2D eigenvalue weighted by atomic mass is 9.82. The van der Waals surface area contributed by atoms with E-state index in [2.05, 4.69) is 29.2 Å². The molecule has 0 unspecified atom stereocenters. The number of para-hydroxylation sites is 1. The van der Waals surface area contributed by atoms with E-state index in [0.717, 1.165) is 61.8 Å². The quantitative estimate of drug-likeness (QED) is 0.282. The third-order valence-electron chi connectivity index (χ3n) is 7.79. The molecule has 0 saturated heterocycles. The van der Waals surface area contributed by atoms with Crippen LogP contribution >= 0.6 is 0 Å². The predicted molar refractivity (Wildman–Crippen MR) is 147 cm³/mol. The fourth-order valence-corrected chi connectivity index (χ4v) is 7.34. The zero-order valence-electron chi connectivity index (χ0n) is 20.6. The summed E-state index contributed by atoms with van der Waals surface area (Å²) < 4.78 is 28.1. The number of rotatable bonds is 7. The fraction of sp³-hybridized carbons (Fsp3) is 0.290. The van der Waals surface area contributed by atoms with Crippen LogP contribution in [0.15, 0.2) is 95.5 Å². The van der Waals surface area contributed by atoms with Crippen molar-refractivity contribution in [3.63, 3.8) is 0 Å². The number of unbranched alkanes of at least 4 members (excludes halogenated alkanes) is 1. The summed E-state index contributed by atoms with van der Waals surface area (Å²) in [5.74, 6) is 0. The van der Waals surface area contributed by atoms with E-state index < -0.39 is 10.0 Å². The Balaban J connectivity index is 1.12. The Morgan fingerprint density at radius 1 is 0.778 bits per heavy atom. The largest absolute Gasteiger partial charge is 0.299 e. The maximum absolute atomic E-state index is 13.3. The average molecular weight is 497 g/mol. The number of hydrogen-bond acceptors (Lipinski definition) is 3. The number of aryl methyl sites for hydroxylation is 2. The van der Waals surface area contributed by atoms with Crippen LogP contribution in [0.3, 0.4) is 0 Å². The molecule has 0 amide bonds. The van der Waals surface area contributed by atoms with Crippen LogP contribution < -0.4 is 0 Å². The summed E-state index contributed by atoms with van der Waals surface area (Å²) in [4.78, 5) is 2.93. The first-order valence-corrected chi connectivity index (χ1v) is 14.5. The van der Waals surface area contributed by atoms with Crippen LogP contribution in [0.1, 0.15) is 42.4 Å². The molecule has 0 saturated carbocycles. The lowest BCUT2D eigenvalue weighted by molar-refractivity contribution is 0.283. The minimum atomic E-state index is -3.62. The molecule has 1 aliphatic heterocycles. The van der Waals surface area contributed by atoms with Crippen LogP contribution in [0.5, 0.6) is 0 Å². The van der Waals surface area contributed by atoms with Gasteiger partial charge < -0.3 is 0 Å². The fourth-order valence-electron chi connectivity index (χ4n) is 5.93. The number of fused-ring (bicyclic) bond motifs is 3. The Morgan fingerprint density at radius 2 is 1.56 bits per heavy atom. The van der Waals surface area contributed by atoms with Gasteiger partial charge in [0.15, 0.2) is 0 Å². The van der Waals surface area contributed by atoms with Crippen LogP contribution in [-0.2, 0) is 22.9 Å². The Kier molecular flexibility index (Phi) is 6.28. The molecule has 0 radical (unpaired) electrons. The Labute approximate surface area is 213 Å². The first kappa shape index (κ1) is 23.3. The van der Waals surface area contributed by atoms with Gasteiger partial charge in [-0.25, -0.2) is 12.4 Å². The zero-order valence-corrected chi connectivity index (χ0v) is 21.4. The van der Waals surface area contributed by atoms with Gasteiger partial charge in [-0.05, 0) is 85.5 Å². The normalized spacial score (nSPS) is 16.2. The molecule has 0 bridgehead atoms. The van der Waals surface area contributed by atoms with Gasteiger partial charge in [-0.2, -0.15) is 0 Å². The van der Waals surface area contributed by atoms with Crippen LogP contribution in [0.2, 0.25) is 0 Å². The molecule has 2 aliphatic rings. The van der Waals surface area contributed by atoms with Crippen molar-refractivity contribution in [1.29, 1.82) is 0 Å². The number of hydrogen-bond donors (Lipinski definition) is 0. The maximum Gasteiger partial charge on any atom is 0.268 e. The van der Waals surface area contributed by atoms with E-state index in [1.54, 1.807) is 35.4 Å². The summed E-state index contributed by atoms with van der Waals surface area (Å²) >= 11 is 0. The van der Waals surface area contributed by atoms with Crippen molar-refractivity contribution >= 4 is 26.5 Å². The molecule has 4 nitrogen and oxygen atoms in total. The van der Waals surface area contributed by atoms with Gasteiger partial charge in [0, 0.05) is 24.7 Å². The van der Waals surface area contributed by atoms with Gasteiger partial charge in [0.1, 0.15) is 0 Å². The SMILES string of the molecule is O=S(=O)(c1ccccc1)n1cc(CCCCN2CCC3=C(CCc4ccccc43)C2)c2ccccc21. The Morgan fingerprint density at radius 3 is 2.44 bits per heavy atom. The molecule has 36 heavy (non-hydrogen) atoms. The second-order valence-corrected chi connectivity index (χ2v) is 11.8. The molecular weight excluding hydrogens is 464 g/mol. The van der Waals surface area contributed by atoms with E-state index in [-0.39, 0.29) is 0 Å². The minimum Gasteiger partial charge on any atom is -0.299 e. The second kappa shape index (κ2) is 9.72. The summed E-state index contributed by atoms with van der Waals surface area (Å²) in [6.45, 7) is 3.32.